The van der Waals surface area contributed by atoms with Gasteiger partial charge in [-0.25, -0.2) is 9.13 Å². The molecule has 19 heteroatoms. The fraction of sp³-hybridized carbons (Fsp3) is 0.944. The molecule has 17 nitrogen and oxygen atoms in total. The van der Waals surface area contributed by atoms with Crippen LogP contribution in [0.5, 0.6) is 0 Å². The highest BCUT2D eigenvalue weighted by Gasteiger charge is 2.30. The Morgan fingerprint density at radius 3 is 0.789 bits per heavy atom. The predicted octanol–water partition coefficient (Wildman–Crippen LogP) is 20.1. The number of ether oxygens (including phenoxy) is 4. The molecule has 0 aromatic carbocycles. The smallest absolute Gasteiger partial charge is 0.462 e. The lowest BCUT2D eigenvalue weighted by Crippen LogP contribution is -2.30. The number of esters is 4. The zero-order valence-electron chi connectivity index (χ0n) is 58.8. The van der Waals surface area contributed by atoms with Crippen LogP contribution < -0.4 is 0 Å². The summed E-state index contributed by atoms with van der Waals surface area (Å²) in [5.74, 6) is 0.843. The summed E-state index contributed by atoms with van der Waals surface area (Å²) >= 11 is 0. The fourth-order valence-corrected chi connectivity index (χ4v) is 12.2. The van der Waals surface area contributed by atoms with Crippen LogP contribution in [-0.2, 0) is 65.4 Å². The number of rotatable bonds is 68. The second-order valence-corrected chi connectivity index (χ2v) is 30.2. The average Bonchev–Trinajstić information content (AvgIpc) is 3.71. The molecule has 0 bridgehead atoms. The molecule has 3 unspecified atom stereocenters. The number of aliphatic hydroxyl groups excluding tert-OH is 1. The summed E-state index contributed by atoms with van der Waals surface area (Å²) in [7, 11) is -9.90. The lowest BCUT2D eigenvalue weighted by Gasteiger charge is -2.21. The van der Waals surface area contributed by atoms with E-state index in [-0.39, 0.29) is 25.7 Å². The molecule has 0 aliphatic heterocycles. The first-order valence-electron chi connectivity index (χ1n) is 36.7. The van der Waals surface area contributed by atoms with Crippen LogP contribution in [0.3, 0.4) is 0 Å². The van der Waals surface area contributed by atoms with Crippen molar-refractivity contribution >= 4 is 39.5 Å². The summed E-state index contributed by atoms with van der Waals surface area (Å²) in [6.45, 7) is 14.1. The molecule has 0 fully saturated rings. The predicted molar refractivity (Wildman–Crippen MR) is 363 cm³/mol. The van der Waals surface area contributed by atoms with Gasteiger partial charge in [-0.15, -0.1) is 0 Å². The van der Waals surface area contributed by atoms with Crippen LogP contribution in [0.2, 0.25) is 0 Å². The van der Waals surface area contributed by atoms with E-state index in [9.17, 15) is 43.2 Å². The Morgan fingerprint density at radius 1 is 0.311 bits per heavy atom. The summed E-state index contributed by atoms with van der Waals surface area (Å²) in [6.07, 6.45) is 43.2. The van der Waals surface area contributed by atoms with Crippen LogP contribution in [0.15, 0.2) is 0 Å². The largest absolute Gasteiger partial charge is 0.472 e. The summed E-state index contributed by atoms with van der Waals surface area (Å²) < 4.78 is 68.3. The fourth-order valence-electron chi connectivity index (χ4n) is 10.6. The Bertz CT molecular complexity index is 1780. The van der Waals surface area contributed by atoms with Gasteiger partial charge in [0.05, 0.1) is 26.4 Å². The van der Waals surface area contributed by atoms with Crippen LogP contribution in [0.25, 0.3) is 0 Å². The minimum atomic E-state index is -4.95. The quantitative estimate of drug-likeness (QED) is 0.0222. The highest BCUT2D eigenvalue weighted by atomic mass is 31.2. The van der Waals surface area contributed by atoms with E-state index >= 15 is 0 Å². The van der Waals surface area contributed by atoms with Crippen molar-refractivity contribution in [2.45, 2.75) is 369 Å². The number of carbonyl (C=O) groups excluding carboxylic acids is 4. The Morgan fingerprint density at radius 2 is 0.533 bits per heavy atom. The van der Waals surface area contributed by atoms with E-state index in [1.807, 2.05) is 0 Å². The highest BCUT2D eigenvalue weighted by Crippen LogP contribution is 2.45. The molecule has 0 aromatic rings. The van der Waals surface area contributed by atoms with E-state index in [0.717, 1.165) is 120 Å². The molecular formula is C71H138O17P2. The second-order valence-electron chi connectivity index (χ2n) is 27.3. The SMILES string of the molecule is CCC(C)CCCCCCCCC(=O)OC[C@H](COP(=O)(O)OC[C@@H](O)COP(=O)(O)OC[C@@H](COC(=O)CCCCCCCCC(C)C)OC(=O)CCCCCCCCCCCCCCC(C)C)OC(=O)CCCCCCCCCCCCCCCC(C)C. The molecule has 0 amide bonds. The van der Waals surface area contributed by atoms with Crippen molar-refractivity contribution in [1.82, 2.24) is 0 Å². The molecule has 0 saturated heterocycles. The van der Waals surface area contributed by atoms with E-state index in [1.165, 1.54) is 141 Å². The zero-order chi connectivity index (χ0) is 66.8. The van der Waals surface area contributed by atoms with Gasteiger partial charge in [-0.1, -0.05) is 299 Å². The number of hydrogen-bond acceptors (Lipinski definition) is 15. The molecule has 0 spiro atoms. The van der Waals surface area contributed by atoms with Crippen LogP contribution in [0.4, 0.5) is 0 Å². The first-order chi connectivity index (χ1) is 43.1. The van der Waals surface area contributed by atoms with Gasteiger partial charge in [0.25, 0.3) is 0 Å². The Balaban J connectivity index is 5.23. The standard InChI is InChI=1S/C71H138O17P2/c1-9-64(8)50-42-34-28-30-36-44-52-69(74)82-58-67(88-70(75)53-45-37-25-21-17-12-10-11-15-19-23-31-39-47-61(2)3)60-86-90(79,80)84-56-65(72)55-83-89(77,78)85-59-66(57-81-68(73)51-43-35-29-27-33-41-49-63(6)7)87-71(76)54-46-38-26-22-18-14-13-16-20-24-32-40-48-62(4)5/h61-67,72H,9-60H2,1-8H3,(H,77,78)(H,79,80)/t64?,65-,66+,67+/m0/s1. The highest BCUT2D eigenvalue weighted by molar-refractivity contribution is 7.47. The monoisotopic (exact) mass is 1320 g/mol. The number of phosphoric ester groups is 2. The molecule has 0 radical (unpaired) electrons. The average molecular weight is 1330 g/mol. The zero-order valence-corrected chi connectivity index (χ0v) is 60.6. The van der Waals surface area contributed by atoms with Crippen molar-refractivity contribution < 1.29 is 80.2 Å². The van der Waals surface area contributed by atoms with E-state index in [2.05, 4.69) is 55.4 Å². The number of phosphoric acid groups is 2. The maximum atomic E-state index is 13.0. The van der Waals surface area contributed by atoms with Gasteiger partial charge >= 0.3 is 39.5 Å². The van der Waals surface area contributed by atoms with Crippen LogP contribution >= 0.6 is 15.6 Å². The minimum absolute atomic E-state index is 0.105. The van der Waals surface area contributed by atoms with Crippen molar-refractivity contribution in [3.05, 3.63) is 0 Å². The van der Waals surface area contributed by atoms with E-state index < -0.39 is 97.5 Å². The van der Waals surface area contributed by atoms with Crippen LogP contribution in [-0.4, -0.2) is 96.7 Å². The number of hydrogen-bond donors (Lipinski definition) is 3. The third-order valence-corrected chi connectivity index (χ3v) is 18.6. The third-order valence-electron chi connectivity index (χ3n) is 16.7. The minimum Gasteiger partial charge on any atom is -0.462 e. The van der Waals surface area contributed by atoms with E-state index in [1.54, 1.807) is 0 Å². The van der Waals surface area contributed by atoms with Crippen LogP contribution in [0.1, 0.15) is 351 Å². The number of aliphatic hydroxyl groups is 1. The van der Waals surface area contributed by atoms with Gasteiger partial charge in [0.1, 0.15) is 19.3 Å². The Kier molecular flexibility index (Phi) is 59.4. The third kappa shape index (κ3) is 63.5. The topological polar surface area (TPSA) is 237 Å². The number of carbonyl (C=O) groups is 4. The van der Waals surface area contributed by atoms with Gasteiger partial charge < -0.3 is 33.8 Å². The first kappa shape index (κ1) is 88.1. The van der Waals surface area contributed by atoms with Gasteiger partial charge in [0.2, 0.25) is 0 Å². The van der Waals surface area contributed by atoms with Crippen molar-refractivity contribution in [2.24, 2.45) is 23.7 Å². The van der Waals surface area contributed by atoms with Gasteiger partial charge in [-0.2, -0.15) is 0 Å². The molecule has 6 atom stereocenters. The van der Waals surface area contributed by atoms with Crippen molar-refractivity contribution in [3.8, 4) is 0 Å². The Hall–Kier alpha value is -1.94. The lowest BCUT2D eigenvalue weighted by atomic mass is 10.00. The second kappa shape index (κ2) is 60.7. The van der Waals surface area contributed by atoms with Gasteiger partial charge in [-0.05, 0) is 49.4 Å². The maximum Gasteiger partial charge on any atom is 0.472 e. The summed E-state index contributed by atoms with van der Waals surface area (Å²) in [5.41, 5.74) is 0. The molecule has 90 heavy (non-hydrogen) atoms. The summed E-state index contributed by atoms with van der Waals surface area (Å²) in [6, 6.07) is 0. The molecule has 0 aromatic heterocycles. The maximum absolute atomic E-state index is 13.0. The molecule has 0 aliphatic rings. The van der Waals surface area contributed by atoms with Crippen LogP contribution in [0, 0.1) is 23.7 Å². The van der Waals surface area contributed by atoms with Crippen molar-refractivity contribution in [1.29, 1.82) is 0 Å². The molecule has 0 heterocycles. The molecule has 3 N–H and O–H groups in total. The normalized spacial score (nSPS) is 14.6. The van der Waals surface area contributed by atoms with Gasteiger partial charge in [0.15, 0.2) is 12.2 Å². The van der Waals surface area contributed by atoms with E-state index in [0.29, 0.717) is 31.6 Å². The molecular weight excluding hydrogens is 1190 g/mol. The molecule has 0 rings (SSSR count). The van der Waals surface area contributed by atoms with Gasteiger partial charge in [0, 0.05) is 25.7 Å². The Labute approximate surface area is 549 Å². The van der Waals surface area contributed by atoms with Crippen molar-refractivity contribution in [2.75, 3.05) is 39.6 Å². The first-order valence-corrected chi connectivity index (χ1v) is 39.7. The lowest BCUT2D eigenvalue weighted by molar-refractivity contribution is -0.161. The number of unbranched alkanes of at least 4 members (excludes halogenated alkanes) is 33. The molecule has 534 valence electrons. The summed E-state index contributed by atoms with van der Waals surface area (Å²) in [4.78, 5) is 72.5. The van der Waals surface area contributed by atoms with Crippen molar-refractivity contribution in [3.63, 3.8) is 0 Å². The van der Waals surface area contributed by atoms with Gasteiger partial charge in [-0.3, -0.25) is 37.3 Å². The summed E-state index contributed by atoms with van der Waals surface area (Å²) in [5, 5.41) is 10.6. The van der Waals surface area contributed by atoms with E-state index in [4.69, 9.17) is 37.0 Å². The molecule has 0 aliphatic carbocycles. The molecule has 0 saturated carbocycles.